The van der Waals surface area contributed by atoms with E-state index in [-0.39, 0.29) is 62.3 Å². The molecule has 10 atom stereocenters. The summed E-state index contributed by atoms with van der Waals surface area (Å²) in [5.41, 5.74) is -2.61. The van der Waals surface area contributed by atoms with E-state index >= 15 is 4.39 Å². The van der Waals surface area contributed by atoms with Crippen molar-refractivity contribution in [2.24, 2.45) is 28.6 Å². The van der Waals surface area contributed by atoms with Gasteiger partial charge in [-0.15, -0.1) is 10.1 Å². The van der Waals surface area contributed by atoms with Crippen molar-refractivity contribution >= 4 is 29.6 Å². The lowest BCUT2D eigenvalue weighted by Crippen LogP contribution is -2.64. The molecule has 0 spiro atoms. The van der Waals surface area contributed by atoms with E-state index < -0.39 is 88.1 Å². The molecule has 1 saturated heterocycles. The predicted octanol–water partition coefficient (Wildman–Crippen LogP) is 4.08. The molecule has 2 N–H and O–H groups in total. The number of allylic oxidation sites excluding steroid dienone is 4. The van der Waals surface area contributed by atoms with E-state index in [4.69, 9.17) is 23.7 Å². The molecule has 1 aromatic carbocycles. The Bertz CT molecular complexity index is 1850. The molecule has 1 unspecified atom stereocenters. The summed E-state index contributed by atoms with van der Waals surface area (Å²) in [6.07, 6.45) is 1.30. The van der Waals surface area contributed by atoms with Gasteiger partial charge in [0.1, 0.15) is 18.0 Å². The maximum Gasteiger partial charge on any atom is 0.514 e. The summed E-state index contributed by atoms with van der Waals surface area (Å²) < 4.78 is 44.7. The number of amides is 1. The Labute approximate surface area is 328 Å². The summed E-state index contributed by atoms with van der Waals surface area (Å²) in [4.78, 5) is 78.4. The van der Waals surface area contributed by atoms with E-state index in [0.717, 1.165) is 0 Å². The summed E-state index contributed by atoms with van der Waals surface area (Å²) in [5, 5.41) is 23.7. The number of unbranched alkanes of at least 4 members (excludes halogenated alkanes) is 1. The van der Waals surface area contributed by atoms with E-state index in [2.05, 4.69) is 10.2 Å². The van der Waals surface area contributed by atoms with E-state index in [0.29, 0.717) is 24.0 Å². The van der Waals surface area contributed by atoms with E-state index in [1.807, 2.05) is 13.8 Å². The number of esters is 1. The van der Waals surface area contributed by atoms with Gasteiger partial charge in [-0.25, -0.2) is 14.0 Å². The molecule has 4 fully saturated rings. The number of Topliss-reactive ketones (excluding diaryl/α,β-unsaturated/α-hetero) is 1. The van der Waals surface area contributed by atoms with Gasteiger partial charge in [-0.2, -0.15) is 0 Å². The standard InChI is InChI=1S/C40H49FN2O14/c1-22(44)42-30(35(48)52-14-6-7-15-54-43(50)51)16-23-8-10-25(11-9-23)55-36(49)53-21-32(47)40-33(56-37(2,3)57-40)19-27-26-18-29(41)28-17-24(45)12-13-38(28,4)34(26)31(46)20-39(27,40)5/h8-13,17,26-27,29-31,33-34,46H,6-7,14-16,18-21H2,1-5H3,(H,42,44)/t26-,27-,29-,30?,31-,33+,34+,38-,39-,40-/m0/s1. The third-order valence-corrected chi connectivity index (χ3v) is 12.4. The number of ketones is 2. The highest BCUT2D eigenvalue weighted by Gasteiger charge is 2.77. The number of halogens is 1. The SMILES string of the molecule is CC(=O)NC(Cc1ccc(OC(=O)OCC(=O)[C@]23OC(C)(C)O[C@@H]2C[C@H]2[C@@H]4C[C@H](F)C5=CC(=O)C=C[C@]5(C)[C@H]4[C@@H](O)C[C@@]23C)cc1)C(=O)OCCCCO[N+](=O)[O-]. The van der Waals surface area contributed by atoms with Crippen LogP contribution in [0.2, 0.25) is 0 Å². The molecule has 310 valence electrons. The molecule has 0 radical (unpaired) electrons. The first-order valence-electron chi connectivity index (χ1n) is 19.1. The van der Waals surface area contributed by atoms with Crippen LogP contribution in [-0.4, -0.2) is 95.4 Å². The molecular weight excluding hydrogens is 751 g/mol. The van der Waals surface area contributed by atoms with Gasteiger partial charge in [0.2, 0.25) is 11.7 Å². The van der Waals surface area contributed by atoms with E-state index in [1.165, 1.54) is 31.2 Å². The van der Waals surface area contributed by atoms with E-state index in [1.54, 1.807) is 32.1 Å². The second kappa shape index (κ2) is 15.9. The summed E-state index contributed by atoms with van der Waals surface area (Å²) in [6.45, 7) is 7.41. The normalized spacial score (nSPS) is 33.7. The highest BCUT2D eigenvalue weighted by atomic mass is 19.1. The van der Waals surface area contributed by atoms with Gasteiger partial charge in [0, 0.05) is 30.1 Å². The Kier molecular flexibility index (Phi) is 11.7. The molecule has 4 aliphatic carbocycles. The number of fused-ring (bicyclic) bond motifs is 7. The molecule has 3 saturated carbocycles. The number of aliphatic hydroxyl groups is 1. The van der Waals surface area contributed by atoms with Crippen molar-refractivity contribution in [1.82, 2.24) is 5.32 Å². The first-order valence-corrected chi connectivity index (χ1v) is 19.1. The molecule has 6 rings (SSSR count). The number of alkyl halides is 1. The summed E-state index contributed by atoms with van der Waals surface area (Å²) >= 11 is 0. The Balaban J connectivity index is 1.09. The Morgan fingerprint density at radius 3 is 2.46 bits per heavy atom. The van der Waals surface area contributed by atoms with Crippen molar-refractivity contribution in [3.05, 3.63) is 63.7 Å². The average molecular weight is 801 g/mol. The Hall–Kier alpha value is -4.74. The van der Waals surface area contributed by atoms with Gasteiger partial charge >= 0.3 is 12.1 Å². The van der Waals surface area contributed by atoms with Crippen molar-refractivity contribution in [3.8, 4) is 5.75 Å². The number of carbonyl (C=O) groups excluding carboxylic acids is 5. The van der Waals surface area contributed by atoms with Crippen LogP contribution in [0, 0.1) is 38.7 Å². The second-order valence-corrected chi connectivity index (χ2v) is 16.5. The van der Waals surface area contributed by atoms with Crippen molar-refractivity contribution in [1.29, 1.82) is 0 Å². The van der Waals surface area contributed by atoms with Crippen LogP contribution in [0.4, 0.5) is 9.18 Å². The van der Waals surface area contributed by atoms with Crippen LogP contribution < -0.4 is 10.1 Å². The topological polar surface area (TPSA) is 216 Å². The van der Waals surface area contributed by atoms with Crippen molar-refractivity contribution in [2.45, 2.75) is 109 Å². The van der Waals surface area contributed by atoms with Gasteiger partial charge in [-0.05, 0) is 93.2 Å². The van der Waals surface area contributed by atoms with Gasteiger partial charge in [0.05, 0.1) is 25.4 Å². The second-order valence-electron chi connectivity index (χ2n) is 16.5. The van der Waals surface area contributed by atoms with Gasteiger partial charge in [0.15, 0.2) is 23.8 Å². The lowest BCUT2D eigenvalue weighted by molar-refractivity contribution is -0.757. The zero-order valence-corrected chi connectivity index (χ0v) is 32.5. The zero-order valence-electron chi connectivity index (χ0n) is 32.5. The summed E-state index contributed by atoms with van der Waals surface area (Å²) in [6, 6.07) is 4.98. The number of hydrogen-bond acceptors (Lipinski definition) is 14. The minimum Gasteiger partial charge on any atom is -0.464 e. The number of nitrogens with zero attached hydrogens (tertiary/aromatic N) is 1. The van der Waals surface area contributed by atoms with Gasteiger partial charge in [-0.1, -0.05) is 32.1 Å². The lowest BCUT2D eigenvalue weighted by Gasteiger charge is -2.60. The van der Waals surface area contributed by atoms with Crippen LogP contribution in [0.25, 0.3) is 0 Å². The highest BCUT2D eigenvalue weighted by Crippen LogP contribution is 2.70. The predicted molar refractivity (Wildman–Crippen MR) is 194 cm³/mol. The molecule has 1 amide bonds. The minimum absolute atomic E-state index is 0.0334. The van der Waals surface area contributed by atoms with Crippen LogP contribution in [0.5, 0.6) is 5.75 Å². The quantitative estimate of drug-likeness (QED) is 0.0892. The highest BCUT2D eigenvalue weighted by molar-refractivity contribution is 6.01. The number of hydrogen-bond donors (Lipinski definition) is 2. The van der Waals surface area contributed by atoms with Crippen LogP contribution in [0.1, 0.15) is 72.3 Å². The fourth-order valence-corrected chi connectivity index (χ4v) is 10.3. The molecule has 57 heavy (non-hydrogen) atoms. The van der Waals surface area contributed by atoms with Crippen LogP contribution in [0.15, 0.2) is 48.1 Å². The average Bonchev–Trinajstić information content (AvgIpc) is 3.54. The third-order valence-electron chi connectivity index (χ3n) is 12.4. The van der Waals surface area contributed by atoms with Crippen molar-refractivity contribution in [3.63, 3.8) is 0 Å². The monoisotopic (exact) mass is 800 g/mol. The van der Waals surface area contributed by atoms with Gasteiger partial charge in [0.25, 0.3) is 5.09 Å². The van der Waals surface area contributed by atoms with Crippen LogP contribution in [0.3, 0.4) is 0 Å². The van der Waals surface area contributed by atoms with Crippen molar-refractivity contribution < 1.29 is 67.1 Å². The smallest absolute Gasteiger partial charge is 0.464 e. The number of aliphatic hydroxyl groups excluding tert-OH is 1. The molecule has 5 aliphatic rings. The molecular formula is C40H49FN2O14. The number of benzene rings is 1. The minimum atomic E-state index is -1.63. The maximum absolute atomic E-state index is 15.9. The molecule has 1 aromatic rings. The molecule has 16 nitrogen and oxygen atoms in total. The van der Waals surface area contributed by atoms with E-state index in [9.17, 15) is 39.2 Å². The largest absolute Gasteiger partial charge is 0.514 e. The molecule has 1 heterocycles. The summed E-state index contributed by atoms with van der Waals surface area (Å²) in [7, 11) is 0. The molecule has 17 heteroatoms. The van der Waals surface area contributed by atoms with Gasteiger partial charge in [-0.3, -0.25) is 14.4 Å². The van der Waals surface area contributed by atoms with Crippen LogP contribution in [-0.2, 0) is 49.4 Å². The third kappa shape index (κ3) is 8.06. The lowest BCUT2D eigenvalue weighted by atomic mass is 9.46. The fourth-order valence-electron chi connectivity index (χ4n) is 10.3. The molecule has 0 aromatic heterocycles. The number of rotatable bonds is 14. The Morgan fingerprint density at radius 2 is 1.77 bits per heavy atom. The van der Waals surface area contributed by atoms with Crippen LogP contribution >= 0.6 is 0 Å². The molecule has 0 bridgehead atoms. The van der Waals surface area contributed by atoms with Crippen molar-refractivity contribution in [2.75, 3.05) is 19.8 Å². The zero-order chi connectivity index (χ0) is 41.5. The molecule has 1 aliphatic heterocycles. The first kappa shape index (κ1) is 41.9. The fraction of sp³-hybridized carbons (Fsp3) is 0.625. The number of carbonyl (C=O) groups is 5. The maximum atomic E-state index is 15.9. The number of ether oxygens (including phenoxy) is 5. The first-order chi connectivity index (χ1) is 26.8. The Morgan fingerprint density at radius 1 is 1.07 bits per heavy atom. The summed E-state index contributed by atoms with van der Waals surface area (Å²) in [5.74, 6) is -4.25. The van der Waals surface area contributed by atoms with Gasteiger partial charge < -0.3 is 38.9 Å². The number of nitrogens with one attached hydrogen (secondary N) is 1.